The van der Waals surface area contributed by atoms with Crippen molar-refractivity contribution < 1.29 is 17.6 Å². The van der Waals surface area contributed by atoms with Gasteiger partial charge in [0, 0.05) is 19.2 Å². The normalized spacial score (nSPS) is 12.3. The summed E-state index contributed by atoms with van der Waals surface area (Å²) in [5.74, 6) is 0.224. The topological polar surface area (TPSA) is 92.5 Å². The number of carbonyl (C=O) groups excluding carboxylic acids is 1. The number of hydrogen-bond donors (Lipinski definition) is 1. The van der Waals surface area contributed by atoms with E-state index in [1.165, 1.54) is 34.0 Å². The molecule has 0 unspecified atom stereocenters. The Morgan fingerprint density at radius 2 is 2.07 bits per heavy atom. The summed E-state index contributed by atoms with van der Waals surface area (Å²) in [7, 11) is -3.54. The Kier molecular flexibility index (Phi) is 5.73. The van der Waals surface area contributed by atoms with Crippen molar-refractivity contribution in [2.24, 2.45) is 0 Å². The van der Waals surface area contributed by atoms with E-state index in [0.29, 0.717) is 34.2 Å². The first-order chi connectivity index (χ1) is 12.9. The first-order valence-corrected chi connectivity index (χ1v) is 10.6. The summed E-state index contributed by atoms with van der Waals surface area (Å²) in [5, 5.41) is 3.08. The number of rotatable bonds is 7. The van der Waals surface area contributed by atoms with Gasteiger partial charge in [0.15, 0.2) is 5.13 Å². The number of thiazole rings is 1. The molecule has 0 aliphatic heterocycles. The van der Waals surface area contributed by atoms with Crippen molar-refractivity contribution in [3.8, 4) is 0 Å². The molecule has 0 saturated heterocycles. The zero-order valence-electron chi connectivity index (χ0n) is 14.9. The van der Waals surface area contributed by atoms with Crippen LogP contribution in [0.1, 0.15) is 19.6 Å². The third kappa shape index (κ3) is 4.26. The summed E-state index contributed by atoms with van der Waals surface area (Å²) in [4.78, 5) is 16.5. The van der Waals surface area contributed by atoms with Crippen LogP contribution in [0, 0.1) is 0 Å². The Morgan fingerprint density at radius 1 is 1.30 bits per heavy atom. The molecular weight excluding hydrogens is 386 g/mol. The lowest BCUT2D eigenvalue weighted by Gasteiger charge is -2.18. The fourth-order valence-corrected chi connectivity index (χ4v) is 4.99. The van der Waals surface area contributed by atoms with E-state index in [2.05, 4.69) is 10.3 Å². The molecule has 0 radical (unpaired) electrons. The monoisotopic (exact) mass is 405 g/mol. The van der Waals surface area contributed by atoms with Gasteiger partial charge in [0.1, 0.15) is 5.76 Å². The van der Waals surface area contributed by atoms with Crippen molar-refractivity contribution in [3.05, 3.63) is 48.4 Å². The fraction of sp³-hybridized carbons (Fsp3) is 0.222. The maximum Gasteiger partial charge on any atom is 0.250 e. The van der Waals surface area contributed by atoms with Gasteiger partial charge in [-0.1, -0.05) is 25.2 Å². The Hall–Kier alpha value is -2.49. The van der Waals surface area contributed by atoms with Crippen molar-refractivity contribution in [1.82, 2.24) is 9.29 Å². The highest BCUT2D eigenvalue weighted by Crippen LogP contribution is 2.29. The highest BCUT2D eigenvalue weighted by atomic mass is 32.2. The van der Waals surface area contributed by atoms with Crippen molar-refractivity contribution in [3.63, 3.8) is 0 Å². The van der Waals surface area contributed by atoms with E-state index in [1.54, 1.807) is 44.2 Å². The number of anilines is 1. The molecule has 0 saturated carbocycles. The summed E-state index contributed by atoms with van der Waals surface area (Å²) < 4.78 is 32.5. The number of fused-ring (bicyclic) bond motifs is 1. The maximum atomic E-state index is 12.6. The first kappa shape index (κ1) is 19.3. The third-order valence-electron chi connectivity index (χ3n) is 3.88. The molecule has 0 atom stereocenters. The van der Waals surface area contributed by atoms with Gasteiger partial charge in [0.25, 0.3) is 0 Å². The van der Waals surface area contributed by atoms with E-state index in [9.17, 15) is 13.2 Å². The van der Waals surface area contributed by atoms with E-state index in [0.717, 1.165) is 0 Å². The van der Waals surface area contributed by atoms with E-state index in [1.807, 2.05) is 0 Å². The zero-order chi connectivity index (χ0) is 19.4. The number of nitrogens with zero attached hydrogens (tertiary/aromatic N) is 2. The van der Waals surface area contributed by atoms with Crippen LogP contribution in [0.15, 0.2) is 52.0 Å². The molecule has 3 aromatic rings. The minimum atomic E-state index is -3.54. The largest absolute Gasteiger partial charge is 0.465 e. The molecule has 1 aromatic carbocycles. The van der Waals surface area contributed by atoms with Crippen LogP contribution >= 0.6 is 11.3 Å². The molecule has 1 N–H and O–H groups in total. The van der Waals surface area contributed by atoms with Gasteiger partial charge in [-0.25, -0.2) is 13.4 Å². The number of sulfonamides is 1. The second-order valence-electron chi connectivity index (χ2n) is 5.58. The molecule has 0 fully saturated rings. The summed E-state index contributed by atoms with van der Waals surface area (Å²) >= 11 is 1.22. The lowest BCUT2D eigenvalue weighted by Crippen LogP contribution is -2.30. The van der Waals surface area contributed by atoms with Crippen LogP contribution < -0.4 is 5.32 Å². The van der Waals surface area contributed by atoms with Gasteiger partial charge < -0.3 is 4.42 Å². The van der Waals surface area contributed by atoms with E-state index >= 15 is 0 Å². The van der Waals surface area contributed by atoms with E-state index in [-0.39, 0.29) is 10.8 Å². The number of benzene rings is 1. The van der Waals surface area contributed by atoms with Crippen molar-refractivity contribution in [2.75, 3.05) is 18.4 Å². The van der Waals surface area contributed by atoms with Crippen LogP contribution in [-0.4, -0.2) is 36.7 Å². The minimum absolute atomic E-state index is 0.220. The predicted octanol–water partition coefficient (Wildman–Crippen LogP) is 3.57. The Morgan fingerprint density at radius 3 is 2.74 bits per heavy atom. The van der Waals surface area contributed by atoms with Crippen LogP contribution in [0.3, 0.4) is 0 Å². The Labute approximate surface area is 161 Å². The molecular formula is C18H19N3O4S2. The van der Waals surface area contributed by atoms with Gasteiger partial charge in [-0.15, -0.1) is 0 Å². The highest BCUT2D eigenvalue weighted by molar-refractivity contribution is 7.89. The Balaban J connectivity index is 1.81. The number of hydrogen-bond acceptors (Lipinski definition) is 6. The van der Waals surface area contributed by atoms with Crippen LogP contribution in [0.25, 0.3) is 16.3 Å². The van der Waals surface area contributed by atoms with Gasteiger partial charge in [0.2, 0.25) is 15.9 Å². The molecule has 0 bridgehead atoms. The van der Waals surface area contributed by atoms with Crippen LogP contribution in [-0.2, 0) is 14.8 Å². The first-order valence-electron chi connectivity index (χ1n) is 8.37. The average Bonchev–Trinajstić information content (AvgIpc) is 3.29. The Bertz CT molecular complexity index is 1070. The fourth-order valence-electron chi connectivity index (χ4n) is 2.52. The van der Waals surface area contributed by atoms with Gasteiger partial charge in [-0.2, -0.15) is 4.31 Å². The van der Waals surface area contributed by atoms with Gasteiger partial charge >= 0.3 is 0 Å². The molecule has 2 heterocycles. The molecule has 3 rings (SSSR count). The summed E-state index contributed by atoms with van der Waals surface area (Å²) in [6, 6.07) is 8.25. The second kappa shape index (κ2) is 8.03. The van der Waals surface area contributed by atoms with Gasteiger partial charge in [-0.3, -0.25) is 10.1 Å². The van der Waals surface area contributed by atoms with E-state index in [4.69, 9.17) is 4.42 Å². The zero-order valence-corrected chi connectivity index (χ0v) is 16.5. The molecule has 7 nitrogen and oxygen atoms in total. The predicted molar refractivity (Wildman–Crippen MR) is 106 cm³/mol. The molecule has 0 aliphatic carbocycles. The van der Waals surface area contributed by atoms with Crippen LogP contribution in [0.5, 0.6) is 0 Å². The summed E-state index contributed by atoms with van der Waals surface area (Å²) in [6.07, 6.45) is 4.42. The van der Waals surface area contributed by atoms with Crippen molar-refractivity contribution in [2.45, 2.75) is 18.7 Å². The number of aromatic nitrogens is 1. The molecule has 0 spiro atoms. The number of nitrogens with one attached hydrogen (secondary N) is 1. The molecule has 9 heteroatoms. The molecule has 1 amide bonds. The smallest absolute Gasteiger partial charge is 0.250 e. The minimum Gasteiger partial charge on any atom is -0.465 e. The van der Waals surface area contributed by atoms with Crippen molar-refractivity contribution >= 4 is 48.7 Å². The van der Waals surface area contributed by atoms with Crippen LogP contribution in [0.4, 0.5) is 5.13 Å². The third-order valence-corrected chi connectivity index (χ3v) is 6.85. The lowest BCUT2D eigenvalue weighted by atomic mass is 10.3. The van der Waals surface area contributed by atoms with Crippen molar-refractivity contribution in [1.29, 1.82) is 0 Å². The standard InChI is InChI=1S/C18H19N3O4S2/c1-3-21(4-2)27(23,24)14-8-9-15-16(12-14)26-18(19-15)20-17(22)10-7-13-6-5-11-25-13/h5-12H,3-4H2,1-2H3,(H,19,20,22). The second-order valence-corrected chi connectivity index (χ2v) is 8.54. The van der Waals surface area contributed by atoms with E-state index < -0.39 is 10.0 Å². The SMILES string of the molecule is CCN(CC)S(=O)(=O)c1ccc2nc(NC(=O)C=Cc3ccco3)sc2c1. The number of amides is 1. The summed E-state index contributed by atoms with van der Waals surface area (Å²) in [5.41, 5.74) is 0.629. The highest BCUT2D eigenvalue weighted by Gasteiger charge is 2.22. The molecule has 2 aromatic heterocycles. The average molecular weight is 406 g/mol. The quantitative estimate of drug-likeness (QED) is 0.607. The van der Waals surface area contributed by atoms with Gasteiger partial charge in [0.05, 0.1) is 21.4 Å². The number of furan rings is 1. The van der Waals surface area contributed by atoms with Gasteiger partial charge in [-0.05, 0) is 36.4 Å². The number of carbonyl (C=O) groups is 1. The van der Waals surface area contributed by atoms with Crippen LogP contribution in [0.2, 0.25) is 0 Å². The lowest BCUT2D eigenvalue weighted by molar-refractivity contribution is -0.111. The summed E-state index contributed by atoms with van der Waals surface area (Å²) in [6.45, 7) is 4.41. The maximum absolute atomic E-state index is 12.6. The molecule has 142 valence electrons. The molecule has 0 aliphatic rings. The molecule has 27 heavy (non-hydrogen) atoms.